The van der Waals surface area contributed by atoms with Gasteiger partial charge in [-0.25, -0.2) is 9.79 Å². The van der Waals surface area contributed by atoms with E-state index in [2.05, 4.69) is 11.7 Å². The van der Waals surface area contributed by atoms with Gasteiger partial charge >= 0.3 is 5.97 Å². The first kappa shape index (κ1) is 16.4. The molecule has 2 aromatic carbocycles. The standard InChI is InChI=1S/C22H15NO5/c1-23-12-3-2-4-16-15(9-12)21(26)28-22(16)17-7-5-13(24)10-19(17)27-20-11-14(25)6-8-18(20)22/h2-3,5-11,24-25H,1,4H2/p+1. The molecule has 0 radical (unpaired) electrons. The van der Waals surface area contributed by atoms with Crippen LogP contribution in [0.4, 0.5) is 0 Å². The molecule has 138 valence electrons. The van der Waals surface area contributed by atoms with Gasteiger partial charge in [-0.3, -0.25) is 0 Å². The summed E-state index contributed by atoms with van der Waals surface area (Å²) in [6.07, 6.45) is 5.99. The number of fused-ring (bicyclic) bond motifs is 5. The first-order valence-corrected chi connectivity index (χ1v) is 8.76. The fraction of sp³-hybridized carbons (Fsp3) is 0.0909. The van der Waals surface area contributed by atoms with Crippen molar-refractivity contribution in [3.05, 3.63) is 82.6 Å². The monoisotopic (exact) mass is 374 g/mol. The summed E-state index contributed by atoms with van der Waals surface area (Å²) >= 11 is 0. The highest BCUT2D eigenvalue weighted by atomic mass is 16.6. The number of rotatable bonds is 1. The van der Waals surface area contributed by atoms with Crippen LogP contribution < -0.4 is 9.73 Å². The third-order valence-corrected chi connectivity index (χ3v) is 5.25. The van der Waals surface area contributed by atoms with Crippen LogP contribution in [0, 0.1) is 0 Å². The Bertz CT molecular complexity index is 1100. The van der Waals surface area contributed by atoms with Gasteiger partial charge in [0.05, 0.1) is 5.57 Å². The Morgan fingerprint density at radius 2 is 1.68 bits per heavy atom. The summed E-state index contributed by atoms with van der Waals surface area (Å²) in [4.78, 5) is 15.7. The van der Waals surface area contributed by atoms with Crippen LogP contribution in [0.5, 0.6) is 23.0 Å². The number of hydrogen-bond acceptors (Lipinski definition) is 5. The zero-order chi connectivity index (χ0) is 19.5. The van der Waals surface area contributed by atoms with Crippen LogP contribution in [0.1, 0.15) is 17.5 Å². The summed E-state index contributed by atoms with van der Waals surface area (Å²) in [6.45, 7) is 3.67. The number of aromatic hydroxyl groups is 2. The van der Waals surface area contributed by atoms with E-state index >= 15 is 0 Å². The summed E-state index contributed by atoms with van der Waals surface area (Å²) in [5, 5.41) is 19.9. The Morgan fingerprint density at radius 3 is 2.29 bits per heavy atom. The second kappa shape index (κ2) is 5.60. The smallest absolute Gasteiger partial charge is 0.340 e. The molecule has 0 fully saturated rings. The minimum absolute atomic E-state index is 0.0280. The molecule has 3 aliphatic rings. The van der Waals surface area contributed by atoms with Gasteiger partial charge in [0, 0.05) is 41.0 Å². The number of carbonyl (C=O) groups is 1. The first-order valence-electron chi connectivity index (χ1n) is 8.76. The van der Waals surface area contributed by atoms with E-state index in [1.807, 2.05) is 12.2 Å². The van der Waals surface area contributed by atoms with Crippen molar-refractivity contribution in [3.8, 4) is 23.0 Å². The second-order valence-corrected chi connectivity index (χ2v) is 6.81. The van der Waals surface area contributed by atoms with Gasteiger partial charge < -0.3 is 19.7 Å². The summed E-state index contributed by atoms with van der Waals surface area (Å²) < 4.78 is 12.0. The van der Waals surface area contributed by atoms with Crippen molar-refractivity contribution in [2.75, 3.05) is 0 Å². The maximum Gasteiger partial charge on any atom is 0.340 e. The van der Waals surface area contributed by atoms with E-state index in [1.54, 1.807) is 18.2 Å². The topological polar surface area (TPSA) is 90.0 Å². The number of phenolic OH excluding ortho intramolecular Hbond substituents is 2. The molecule has 6 nitrogen and oxygen atoms in total. The summed E-state index contributed by atoms with van der Waals surface area (Å²) in [5.41, 5.74) is 1.96. The zero-order valence-electron chi connectivity index (χ0n) is 14.7. The second-order valence-electron chi connectivity index (χ2n) is 6.81. The molecule has 2 aliphatic heterocycles. The molecule has 3 N–H and O–H groups in total. The van der Waals surface area contributed by atoms with Crippen molar-refractivity contribution in [3.63, 3.8) is 0 Å². The number of hydrogen-bond donors (Lipinski definition) is 3. The van der Waals surface area contributed by atoms with Gasteiger partial charge in [0.25, 0.3) is 0 Å². The van der Waals surface area contributed by atoms with Crippen LogP contribution in [0.15, 0.2) is 71.5 Å². The average molecular weight is 374 g/mol. The minimum Gasteiger partial charge on any atom is -0.508 e. The number of esters is 1. The Kier molecular flexibility index (Phi) is 3.27. The maximum absolute atomic E-state index is 12.9. The molecule has 0 amide bonds. The molecule has 1 aliphatic carbocycles. The van der Waals surface area contributed by atoms with Crippen LogP contribution in [0.2, 0.25) is 0 Å². The van der Waals surface area contributed by atoms with E-state index in [0.717, 1.165) is 5.57 Å². The molecule has 0 saturated heterocycles. The van der Waals surface area contributed by atoms with Crippen LogP contribution in [-0.2, 0) is 15.1 Å². The molecule has 5 rings (SSSR count). The van der Waals surface area contributed by atoms with Crippen molar-refractivity contribution < 1.29 is 29.5 Å². The molecular formula is C22H16NO5+. The number of nitrogens with one attached hydrogen (secondary N) is 1. The van der Waals surface area contributed by atoms with E-state index in [1.165, 1.54) is 24.3 Å². The quantitative estimate of drug-likeness (QED) is 0.524. The number of phenols is 2. The Labute approximate surface area is 160 Å². The van der Waals surface area contributed by atoms with Crippen molar-refractivity contribution in [1.82, 2.24) is 0 Å². The SMILES string of the molecule is C=[NH+]C1=CC2=C(CC=C1)C1(OC2=O)c2ccc(O)cc2Oc2cc(O)ccc21. The largest absolute Gasteiger partial charge is 0.508 e. The molecule has 6 heteroatoms. The lowest BCUT2D eigenvalue weighted by Gasteiger charge is -2.37. The molecule has 0 atom stereocenters. The normalized spacial score (nSPS) is 18.4. The van der Waals surface area contributed by atoms with Crippen molar-refractivity contribution in [2.24, 2.45) is 0 Å². The molecule has 0 bridgehead atoms. The van der Waals surface area contributed by atoms with E-state index < -0.39 is 11.6 Å². The summed E-state index contributed by atoms with van der Waals surface area (Å²) in [5.74, 6) is 0.339. The van der Waals surface area contributed by atoms with Crippen molar-refractivity contribution in [1.29, 1.82) is 0 Å². The van der Waals surface area contributed by atoms with E-state index in [9.17, 15) is 15.0 Å². The third kappa shape index (κ3) is 2.08. The van der Waals surface area contributed by atoms with E-state index in [-0.39, 0.29) is 11.5 Å². The van der Waals surface area contributed by atoms with Gasteiger partial charge in [0.2, 0.25) is 5.70 Å². The Morgan fingerprint density at radius 1 is 1.04 bits per heavy atom. The van der Waals surface area contributed by atoms with Gasteiger partial charge in [-0.05, 0) is 30.7 Å². The van der Waals surface area contributed by atoms with E-state index in [0.29, 0.717) is 40.3 Å². The fourth-order valence-electron chi connectivity index (χ4n) is 4.06. The average Bonchev–Trinajstić information content (AvgIpc) is 2.83. The molecule has 0 unspecified atom stereocenters. The number of benzene rings is 2. The number of carbonyl (C=O) groups excluding carboxylic acids is 1. The molecule has 0 saturated carbocycles. The van der Waals surface area contributed by atoms with Crippen molar-refractivity contribution in [2.45, 2.75) is 12.0 Å². The Hall–Kier alpha value is -3.80. The number of ether oxygens (including phenoxy) is 2. The first-order chi connectivity index (χ1) is 13.5. The molecule has 28 heavy (non-hydrogen) atoms. The summed E-state index contributed by atoms with van der Waals surface area (Å²) in [6, 6.07) is 9.41. The molecule has 0 aromatic heterocycles. The van der Waals surface area contributed by atoms with Crippen LogP contribution in [-0.4, -0.2) is 22.9 Å². The van der Waals surface area contributed by atoms with Gasteiger partial charge in [-0.1, -0.05) is 6.08 Å². The lowest BCUT2D eigenvalue weighted by Crippen LogP contribution is -2.62. The van der Waals surface area contributed by atoms with Gasteiger partial charge in [-0.2, -0.15) is 0 Å². The maximum atomic E-state index is 12.9. The van der Waals surface area contributed by atoms with Gasteiger partial charge in [-0.15, -0.1) is 0 Å². The van der Waals surface area contributed by atoms with Crippen LogP contribution >= 0.6 is 0 Å². The Balaban J connectivity index is 1.86. The van der Waals surface area contributed by atoms with Crippen LogP contribution in [0.25, 0.3) is 0 Å². The predicted octanol–water partition coefficient (Wildman–Crippen LogP) is 1.93. The molecular weight excluding hydrogens is 358 g/mol. The van der Waals surface area contributed by atoms with Gasteiger partial charge in [0.15, 0.2) is 5.60 Å². The molecule has 1 spiro atoms. The summed E-state index contributed by atoms with van der Waals surface area (Å²) in [7, 11) is 0. The lowest BCUT2D eigenvalue weighted by atomic mass is 9.76. The third-order valence-electron chi connectivity index (χ3n) is 5.25. The van der Waals surface area contributed by atoms with E-state index in [4.69, 9.17) is 9.47 Å². The number of allylic oxidation sites excluding steroid dienone is 2. The van der Waals surface area contributed by atoms with Crippen LogP contribution in [0.3, 0.4) is 0 Å². The highest BCUT2D eigenvalue weighted by Crippen LogP contribution is 2.58. The molecule has 2 aromatic rings. The molecule has 2 heterocycles. The van der Waals surface area contributed by atoms with Gasteiger partial charge in [0.1, 0.15) is 29.7 Å². The fourth-order valence-corrected chi connectivity index (χ4v) is 4.06. The zero-order valence-corrected chi connectivity index (χ0v) is 14.7. The lowest BCUT2D eigenvalue weighted by molar-refractivity contribution is -0.379. The highest BCUT2D eigenvalue weighted by Gasteiger charge is 2.54. The highest BCUT2D eigenvalue weighted by molar-refractivity contribution is 5.98. The van der Waals surface area contributed by atoms with Crippen molar-refractivity contribution >= 4 is 12.7 Å². The predicted molar refractivity (Wildman–Crippen MR) is 100 cm³/mol. The minimum atomic E-state index is -1.20.